The second kappa shape index (κ2) is 9.22. The number of methoxy groups -OCH3 is 2. The fraction of sp³-hybridized carbons (Fsp3) is 0.375. The summed E-state index contributed by atoms with van der Waals surface area (Å²) in [5.41, 5.74) is 3.73. The molecule has 3 aromatic rings. The lowest BCUT2D eigenvalue weighted by Crippen LogP contribution is -2.20. The molecule has 2 atom stereocenters. The summed E-state index contributed by atoms with van der Waals surface area (Å²) < 4.78 is 16.5. The first-order chi connectivity index (χ1) is 14.7. The van der Waals surface area contributed by atoms with Gasteiger partial charge in [-0.25, -0.2) is 0 Å². The van der Waals surface area contributed by atoms with Gasteiger partial charge in [0, 0.05) is 43.4 Å². The van der Waals surface area contributed by atoms with Gasteiger partial charge in [-0.1, -0.05) is 18.2 Å². The lowest BCUT2D eigenvalue weighted by Gasteiger charge is -2.18. The van der Waals surface area contributed by atoms with Gasteiger partial charge in [-0.3, -0.25) is 10.00 Å². The molecular formula is C24H29N3O3. The van der Waals surface area contributed by atoms with E-state index in [2.05, 4.69) is 45.4 Å². The highest BCUT2D eigenvalue weighted by molar-refractivity contribution is 5.43. The minimum Gasteiger partial charge on any atom is -0.497 e. The molecule has 2 heterocycles. The van der Waals surface area contributed by atoms with Crippen LogP contribution in [0.1, 0.15) is 35.6 Å². The summed E-state index contributed by atoms with van der Waals surface area (Å²) in [7, 11) is 3.37. The van der Waals surface area contributed by atoms with Gasteiger partial charge >= 0.3 is 0 Å². The Labute approximate surface area is 177 Å². The molecule has 0 aliphatic carbocycles. The van der Waals surface area contributed by atoms with Crippen LogP contribution in [0.5, 0.6) is 17.2 Å². The van der Waals surface area contributed by atoms with Gasteiger partial charge in [-0.2, -0.15) is 5.10 Å². The fourth-order valence-electron chi connectivity index (χ4n) is 4.34. The Morgan fingerprint density at radius 1 is 0.967 bits per heavy atom. The fourth-order valence-corrected chi connectivity index (χ4v) is 4.34. The van der Waals surface area contributed by atoms with Gasteiger partial charge in [0.05, 0.1) is 20.8 Å². The molecule has 1 fully saturated rings. The first-order valence-corrected chi connectivity index (χ1v) is 10.4. The van der Waals surface area contributed by atoms with Crippen LogP contribution >= 0.6 is 0 Å². The molecule has 0 bridgehead atoms. The van der Waals surface area contributed by atoms with E-state index < -0.39 is 0 Å². The minimum atomic E-state index is 0.366. The maximum atomic E-state index is 5.76. The van der Waals surface area contributed by atoms with E-state index in [-0.39, 0.29) is 0 Å². The van der Waals surface area contributed by atoms with Crippen LogP contribution in [0.3, 0.4) is 0 Å². The molecule has 6 heteroatoms. The topological polar surface area (TPSA) is 59.6 Å². The molecule has 1 aliphatic heterocycles. The number of hydrogen-bond acceptors (Lipinski definition) is 5. The van der Waals surface area contributed by atoms with Crippen molar-refractivity contribution in [3.05, 3.63) is 71.5 Å². The van der Waals surface area contributed by atoms with Gasteiger partial charge < -0.3 is 14.2 Å². The van der Waals surface area contributed by atoms with E-state index in [1.165, 1.54) is 16.8 Å². The summed E-state index contributed by atoms with van der Waals surface area (Å²) in [5.74, 6) is 3.21. The highest BCUT2D eigenvalue weighted by Crippen LogP contribution is 2.40. The number of rotatable bonds is 8. The molecule has 1 aliphatic rings. The molecule has 0 radical (unpaired) electrons. The summed E-state index contributed by atoms with van der Waals surface area (Å²) in [6, 6.07) is 16.7. The van der Waals surface area contributed by atoms with Crippen molar-refractivity contribution < 1.29 is 14.2 Å². The number of nitrogens with one attached hydrogen (secondary N) is 1. The van der Waals surface area contributed by atoms with E-state index in [9.17, 15) is 0 Å². The second-order valence-corrected chi connectivity index (χ2v) is 7.61. The van der Waals surface area contributed by atoms with Crippen LogP contribution in [-0.2, 0) is 6.54 Å². The zero-order chi connectivity index (χ0) is 20.9. The van der Waals surface area contributed by atoms with E-state index in [1.807, 2.05) is 31.3 Å². The lowest BCUT2D eigenvalue weighted by atomic mass is 9.87. The molecule has 1 aromatic heterocycles. The summed E-state index contributed by atoms with van der Waals surface area (Å²) >= 11 is 0. The average molecular weight is 408 g/mol. The smallest absolute Gasteiger partial charge is 0.161 e. The number of benzene rings is 2. The number of H-pyrrole nitrogens is 1. The van der Waals surface area contributed by atoms with Crippen LogP contribution in [0, 0.1) is 0 Å². The van der Waals surface area contributed by atoms with Gasteiger partial charge in [0.15, 0.2) is 11.5 Å². The summed E-state index contributed by atoms with van der Waals surface area (Å²) in [4.78, 5) is 2.50. The van der Waals surface area contributed by atoms with Crippen LogP contribution in [0.4, 0.5) is 0 Å². The summed E-state index contributed by atoms with van der Waals surface area (Å²) in [6.07, 6.45) is 1.83. The molecule has 0 amide bonds. The molecule has 6 nitrogen and oxygen atoms in total. The molecule has 0 saturated carbocycles. The Hall–Kier alpha value is -2.99. The number of ether oxygens (including phenoxy) is 3. The van der Waals surface area contributed by atoms with Crippen molar-refractivity contribution in [2.24, 2.45) is 0 Å². The van der Waals surface area contributed by atoms with E-state index in [0.717, 1.165) is 36.9 Å². The SMILES string of the molecule is CCOc1cc(CN2C[C@@H](c3ccc(OC)cc3)[C@H](c3ccn[nH]3)C2)ccc1OC. The van der Waals surface area contributed by atoms with E-state index in [1.54, 1.807) is 14.2 Å². The van der Waals surface area contributed by atoms with Crippen LogP contribution in [-0.4, -0.2) is 49.0 Å². The monoisotopic (exact) mass is 407 g/mol. The van der Waals surface area contributed by atoms with Crippen molar-refractivity contribution in [1.29, 1.82) is 0 Å². The number of aromatic amines is 1. The predicted octanol–water partition coefficient (Wildman–Crippen LogP) is 4.21. The third kappa shape index (κ3) is 4.28. The molecule has 1 N–H and O–H groups in total. The van der Waals surface area contributed by atoms with E-state index >= 15 is 0 Å². The lowest BCUT2D eigenvalue weighted by molar-refractivity contribution is 0.305. The molecule has 0 unspecified atom stereocenters. The molecule has 2 aromatic carbocycles. The van der Waals surface area contributed by atoms with Crippen molar-refractivity contribution in [2.75, 3.05) is 33.9 Å². The maximum absolute atomic E-state index is 5.76. The Balaban J connectivity index is 1.55. The van der Waals surface area contributed by atoms with Gasteiger partial charge in [-0.05, 0) is 48.4 Å². The van der Waals surface area contributed by atoms with Gasteiger partial charge in [0.25, 0.3) is 0 Å². The van der Waals surface area contributed by atoms with Crippen LogP contribution in [0.2, 0.25) is 0 Å². The molecular weight excluding hydrogens is 378 g/mol. The van der Waals surface area contributed by atoms with Crippen LogP contribution in [0.25, 0.3) is 0 Å². The summed E-state index contributed by atoms with van der Waals surface area (Å²) in [5, 5.41) is 7.38. The maximum Gasteiger partial charge on any atom is 0.161 e. The van der Waals surface area contributed by atoms with Crippen molar-refractivity contribution in [1.82, 2.24) is 15.1 Å². The van der Waals surface area contributed by atoms with Gasteiger partial charge in [-0.15, -0.1) is 0 Å². The highest BCUT2D eigenvalue weighted by Gasteiger charge is 2.35. The Bertz CT molecular complexity index is 941. The first-order valence-electron chi connectivity index (χ1n) is 10.4. The van der Waals surface area contributed by atoms with Crippen molar-refractivity contribution in [3.8, 4) is 17.2 Å². The molecule has 158 valence electrons. The van der Waals surface area contributed by atoms with Crippen molar-refractivity contribution in [3.63, 3.8) is 0 Å². The minimum absolute atomic E-state index is 0.366. The first kappa shape index (κ1) is 20.3. The zero-order valence-electron chi connectivity index (χ0n) is 17.8. The molecule has 30 heavy (non-hydrogen) atoms. The van der Waals surface area contributed by atoms with E-state index in [0.29, 0.717) is 18.4 Å². The Morgan fingerprint density at radius 2 is 1.77 bits per heavy atom. The Morgan fingerprint density at radius 3 is 2.43 bits per heavy atom. The van der Waals surface area contributed by atoms with Gasteiger partial charge in [0.1, 0.15) is 5.75 Å². The number of nitrogens with zero attached hydrogens (tertiary/aromatic N) is 2. The van der Waals surface area contributed by atoms with Crippen molar-refractivity contribution >= 4 is 0 Å². The summed E-state index contributed by atoms with van der Waals surface area (Å²) in [6.45, 7) is 5.41. The highest BCUT2D eigenvalue weighted by atomic mass is 16.5. The average Bonchev–Trinajstić information content (AvgIpc) is 3.44. The number of likely N-dealkylation sites (tertiary alicyclic amines) is 1. The Kier molecular flexibility index (Phi) is 6.23. The standard InChI is InChI=1S/C24H29N3O3/c1-4-30-24-13-17(5-10-23(24)29-3)14-27-15-20(18-6-8-19(28-2)9-7-18)21(16-27)22-11-12-25-26-22/h5-13,20-21H,4,14-16H2,1-3H3,(H,25,26)/t20-,21+/m0/s1. The predicted molar refractivity (Wildman–Crippen MR) is 117 cm³/mol. The van der Waals surface area contributed by atoms with E-state index in [4.69, 9.17) is 14.2 Å². The molecule has 4 rings (SSSR count). The zero-order valence-corrected chi connectivity index (χ0v) is 17.8. The molecule has 1 saturated heterocycles. The number of aromatic nitrogens is 2. The van der Waals surface area contributed by atoms with Crippen LogP contribution < -0.4 is 14.2 Å². The second-order valence-electron chi connectivity index (χ2n) is 7.61. The molecule has 0 spiro atoms. The number of hydrogen-bond donors (Lipinski definition) is 1. The quantitative estimate of drug-likeness (QED) is 0.606. The largest absolute Gasteiger partial charge is 0.497 e. The van der Waals surface area contributed by atoms with Crippen LogP contribution in [0.15, 0.2) is 54.7 Å². The normalized spacial score (nSPS) is 19.0. The third-order valence-electron chi connectivity index (χ3n) is 5.80. The van der Waals surface area contributed by atoms with Gasteiger partial charge in [0.2, 0.25) is 0 Å². The van der Waals surface area contributed by atoms with Crippen molar-refractivity contribution in [2.45, 2.75) is 25.3 Å². The third-order valence-corrected chi connectivity index (χ3v) is 5.80.